The monoisotopic (exact) mass is 455 g/mol. The van der Waals surface area contributed by atoms with Gasteiger partial charge in [-0.25, -0.2) is 9.48 Å². The predicted octanol–water partition coefficient (Wildman–Crippen LogP) is 4.67. The van der Waals surface area contributed by atoms with Gasteiger partial charge in [0.2, 0.25) is 0 Å². The molecule has 0 unspecified atom stereocenters. The number of hydrogen-bond donors (Lipinski definition) is 0. The Kier molecular flexibility index (Phi) is 5.32. The maximum absolute atomic E-state index is 13.3. The molecule has 0 bridgehead atoms. The van der Waals surface area contributed by atoms with E-state index in [2.05, 4.69) is 0 Å². The van der Waals surface area contributed by atoms with Crippen LogP contribution in [0.4, 0.5) is 0 Å². The van der Waals surface area contributed by atoms with Crippen LogP contribution in [0.3, 0.4) is 0 Å². The summed E-state index contributed by atoms with van der Waals surface area (Å²) in [6.45, 7) is 8.50. The summed E-state index contributed by atoms with van der Waals surface area (Å²) in [4.78, 5) is 25.6. The summed E-state index contributed by atoms with van der Waals surface area (Å²) in [5.41, 5.74) is 4.87. The summed E-state index contributed by atoms with van der Waals surface area (Å²) in [7, 11) is 0. The number of aryl methyl sites for hydroxylation is 3. The van der Waals surface area contributed by atoms with Crippen LogP contribution in [0.25, 0.3) is 27.7 Å². The van der Waals surface area contributed by atoms with Gasteiger partial charge in [0.15, 0.2) is 0 Å². The van der Waals surface area contributed by atoms with Crippen LogP contribution in [0.15, 0.2) is 68.6 Å². The molecule has 5 rings (SSSR count). The Labute approximate surface area is 195 Å². The van der Waals surface area contributed by atoms with E-state index in [0.29, 0.717) is 29.2 Å². The second-order valence-electron chi connectivity index (χ2n) is 8.46. The second kappa shape index (κ2) is 8.33. The van der Waals surface area contributed by atoms with Gasteiger partial charge in [0.05, 0.1) is 24.5 Å². The number of rotatable bonds is 5. The minimum Gasteiger partial charge on any atom is -0.494 e. The molecule has 5 aromatic rings. The highest BCUT2D eigenvalue weighted by Gasteiger charge is 2.18. The maximum atomic E-state index is 13.3. The predicted molar refractivity (Wildman–Crippen MR) is 132 cm³/mol. The number of nitrogens with zero attached hydrogens (tertiary/aromatic N) is 3. The first-order chi connectivity index (χ1) is 16.4. The van der Waals surface area contributed by atoms with Crippen molar-refractivity contribution in [3.05, 3.63) is 97.8 Å². The zero-order valence-corrected chi connectivity index (χ0v) is 19.6. The molecule has 34 heavy (non-hydrogen) atoms. The fourth-order valence-corrected chi connectivity index (χ4v) is 4.45. The van der Waals surface area contributed by atoms with Gasteiger partial charge in [0.25, 0.3) is 5.56 Å². The molecule has 0 saturated heterocycles. The van der Waals surface area contributed by atoms with Crippen molar-refractivity contribution < 1.29 is 9.15 Å². The molecular formula is C27H25N3O4. The van der Waals surface area contributed by atoms with Crippen LogP contribution >= 0.6 is 0 Å². The standard InChI is InChI=1S/C27H25N3O4/c1-5-33-21-10-11-23-22(14-21)19(13-25(32)34-23)15-29-24(31)12-17(3)26-18(4)28-30(27(26)29)20-8-6-16(2)7-9-20/h6-14H,5,15H2,1-4H3. The van der Waals surface area contributed by atoms with Crippen molar-refractivity contribution in [2.75, 3.05) is 6.61 Å². The molecular weight excluding hydrogens is 430 g/mol. The van der Waals surface area contributed by atoms with Gasteiger partial charge in [-0.1, -0.05) is 17.7 Å². The molecule has 0 amide bonds. The summed E-state index contributed by atoms with van der Waals surface area (Å²) in [5.74, 6) is 0.673. The first kappa shape index (κ1) is 21.7. The average molecular weight is 456 g/mol. The lowest BCUT2D eigenvalue weighted by atomic mass is 10.1. The molecule has 0 saturated carbocycles. The van der Waals surface area contributed by atoms with Gasteiger partial charge in [-0.3, -0.25) is 9.36 Å². The van der Waals surface area contributed by atoms with Crippen molar-refractivity contribution in [1.82, 2.24) is 14.3 Å². The number of ether oxygens (including phenoxy) is 1. The van der Waals surface area contributed by atoms with Crippen LogP contribution in [-0.2, 0) is 6.54 Å². The van der Waals surface area contributed by atoms with Crippen LogP contribution < -0.4 is 15.9 Å². The average Bonchev–Trinajstić information content (AvgIpc) is 3.15. The van der Waals surface area contributed by atoms with Crippen molar-refractivity contribution in [2.45, 2.75) is 34.2 Å². The van der Waals surface area contributed by atoms with Crippen LogP contribution in [-0.4, -0.2) is 21.0 Å². The first-order valence-electron chi connectivity index (χ1n) is 11.2. The van der Waals surface area contributed by atoms with E-state index in [0.717, 1.165) is 33.3 Å². The van der Waals surface area contributed by atoms with Gasteiger partial charge in [-0.05, 0) is 69.2 Å². The van der Waals surface area contributed by atoms with E-state index >= 15 is 0 Å². The highest BCUT2D eigenvalue weighted by molar-refractivity contribution is 5.85. The molecule has 3 heterocycles. The van der Waals surface area contributed by atoms with Crippen LogP contribution in [0.2, 0.25) is 0 Å². The molecule has 0 aliphatic heterocycles. The Hall–Kier alpha value is -4.13. The Balaban J connectivity index is 1.78. The van der Waals surface area contributed by atoms with Crippen molar-refractivity contribution >= 4 is 22.0 Å². The third-order valence-corrected chi connectivity index (χ3v) is 6.01. The SMILES string of the molecule is CCOc1ccc2oc(=O)cc(Cn3c(=O)cc(C)c4c(C)nn(-c5ccc(C)cc5)c43)c2c1. The van der Waals surface area contributed by atoms with Gasteiger partial charge >= 0.3 is 5.63 Å². The molecule has 0 radical (unpaired) electrons. The second-order valence-corrected chi connectivity index (χ2v) is 8.46. The third kappa shape index (κ3) is 3.69. The molecule has 0 fully saturated rings. The number of fused-ring (bicyclic) bond motifs is 2. The van der Waals surface area contributed by atoms with Crippen molar-refractivity contribution in [3.8, 4) is 11.4 Å². The van der Waals surface area contributed by atoms with Gasteiger partial charge in [0, 0.05) is 22.9 Å². The van der Waals surface area contributed by atoms with Crippen LogP contribution in [0.5, 0.6) is 5.75 Å². The molecule has 0 aliphatic carbocycles. The van der Waals surface area contributed by atoms with Crippen molar-refractivity contribution in [1.29, 1.82) is 0 Å². The summed E-state index contributed by atoms with van der Waals surface area (Å²) in [6.07, 6.45) is 0. The topological polar surface area (TPSA) is 79.3 Å². The van der Waals surface area contributed by atoms with Gasteiger partial charge in [0.1, 0.15) is 17.0 Å². The Morgan fingerprint density at radius 2 is 1.74 bits per heavy atom. The zero-order chi connectivity index (χ0) is 24.0. The lowest BCUT2D eigenvalue weighted by Gasteiger charge is -2.14. The molecule has 0 spiro atoms. The summed E-state index contributed by atoms with van der Waals surface area (Å²) in [6, 6.07) is 16.4. The maximum Gasteiger partial charge on any atom is 0.336 e. The number of hydrogen-bond acceptors (Lipinski definition) is 5. The first-order valence-corrected chi connectivity index (χ1v) is 11.2. The van der Waals surface area contributed by atoms with E-state index in [1.165, 1.54) is 6.07 Å². The van der Waals surface area contributed by atoms with E-state index in [1.807, 2.05) is 58.0 Å². The summed E-state index contributed by atoms with van der Waals surface area (Å²) >= 11 is 0. The van der Waals surface area contributed by atoms with Crippen LogP contribution in [0.1, 0.15) is 29.3 Å². The van der Waals surface area contributed by atoms with Crippen LogP contribution in [0, 0.1) is 20.8 Å². The van der Waals surface area contributed by atoms with E-state index < -0.39 is 5.63 Å². The van der Waals surface area contributed by atoms with Crippen molar-refractivity contribution in [3.63, 3.8) is 0 Å². The number of pyridine rings is 1. The highest BCUT2D eigenvalue weighted by Crippen LogP contribution is 2.27. The molecule has 2 aromatic carbocycles. The molecule has 3 aromatic heterocycles. The van der Waals surface area contributed by atoms with Gasteiger partial charge in [-0.15, -0.1) is 0 Å². The molecule has 7 nitrogen and oxygen atoms in total. The molecule has 0 aliphatic rings. The Morgan fingerprint density at radius 1 is 0.971 bits per heavy atom. The third-order valence-electron chi connectivity index (χ3n) is 6.01. The number of aromatic nitrogens is 3. The van der Waals surface area contributed by atoms with Gasteiger partial charge in [-0.2, -0.15) is 5.10 Å². The fourth-order valence-electron chi connectivity index (χ4n) is 4.45. The highest BCUT2D eigenvalue weighted by atomic mass is 16.5. The lowest BCUT2D eigenvalue weighted by molar-refractivity contribution is 0.340. The van der Waals surface area contributed by atoms with Crippen molar-refractivity contribution in [2.24, 2.45) is 0 Å². The van der Waals surface area contributed by atoms with Gasteiger partial charge < -0.3 is 9.15 Å². The normalized spacial score (nSPS) is 11.4. The number of benzene rings is 2. The largest absolute Gasteiger partial charge is 0.494 e. The molecule has 7 heteroatoms. The minimum absolute atomic E-state index is 0.166. The summed E-state index contributed by atoms with van der Waals surface area (Å²) < 4.78 is 14.5. The van der Waals surface area contributed by atoms with E-state index in [1.54, 1.807) is 27.4 Å². The fraction of sp³-hybridized carbons (Fsp3) is 0.222. The Bertz CT molecular complexity index is 1660. The smallest absolute Gasteiger partial charge is 0.336 e. The molecule has 0 N–H and O–H groups in total. The van der Waals surface area contributed by atoms with E-state index in [9.17, 15) is 9.59 Å². The lowest BCUT2D eigenvalue weighted by Crippen LogP contribution is -2.23. The quantitative estimate of drug-likeness (QED) is 0.360. The van der Waals surface area contributed by atoms with E-state index in [4.69, 9.17) is 14.3 Å². The zero-order valence-electron chi connectivity index (χ0n) is 19.6. The summed E-state index contributed by atoms with van der Waals surface area (Å²) in [5, 5.41) is 6.41. The minimum atomic E-state index is -0.466. The Morgan fingerprint density at radius 3 is 2.47 bits per heavy atom. The molecule has 0 atom stereocenters. The molecule has 172 valence electrons. The van der Waals surface area contributed by atoms with E-state index in [-0.39, 0.29) is 12.1 Å².